The fourth-order valence-corrected chi connectivity index (χ4v) is 17.3. The predicted molar refractivity (Wildman–Crippen MR) is 488 cm³/mol. The van der Waals surface area contributed by atoms with Gasteiger partial charge in [0.25, 0.3) is 0 Å². The number of amides is 15. The molecule has 0 saturated carbocycles. The number of thioether (sulfide) groups is 1. The third-order valence-corrected chi connectivity index (χ3v) is 25.0. The van der Waals surface area contributed by atoms with Crippen molar-refractivity contribution in [1.82, 2.24) is 77.3 Å². The maximum Gasteiger partial charge on any atom is 0.320 e. The summed E-state index contributed by atoms with van der Waals surface area (Å²) in [7, 11) is 3.78. The van der Waals surface area contributed by atoms with E-state index in [1.54, 1.807) is 88.5 Å². The van der Waals surface area contributed by atoms with Crippen LogP contribution >= 0.6 is 11.8 Å². The summed E-state index contributed by atoms with van der Waals surface area (Å²) in [5.41, 5.74) is 13.7. The van der Waals surface area contributed by atoms with Crippen molar-refractivity contribution in [2.24, 2.45) is 23.3 Å². The Kier molecular flexibility index (Phi) is 39.1. The number of likely N-dealkylation sites (N-methyl/N-ethyl adjacent to an activating group) is 3. The summed E-state index contributed by atoms with van der Waals surface area (Å²) in [6, 6.07) is 7.91. The van der Waals surface area contributed by atoms with Crippen molar-refractivity contribution < 1.29 is 104 Å². The van der Waals surface area contributed by atoms with Gasteiger partial charge in [-0.3, -0.25) is 72.0 Å². The number of H-pyrrole nitrogens is 1. The second-order valence-corrected chi connectivity index (χ2v) is 35.9. The Labute approximate surface area is 778 Å². The predicted octanol–water partition coefficient (Wildman–Crippen LogP) is 4.17. The fraction of sp³-hybridized carbons (Fsp3) is 0.500. The lowest BCUT2D eigenvalue weighted by atomic mass is 9.98. The van der Waals surface area contributed by atoms with Gasteiger partial charge in [0.1, 0.15) is 84.1 Å². The van der Waals surface area contributed by atoms with E-state index in [-0.39, 0.29) is 81.3 Å². The maximum absolute atomic E-state index is 15.7. The third kappa shape index (κ3) is 29.4. The SMILES string of the molecule is CCCCCN1C(=O)N[C@@H](Cc2c[nH]c3ccccc23)C(=O)N[C@@H](Cc2ccc(O)cc2)C(=O)N[C@@H](CC(C)C)C(=O)N[C@H](C(=O)NCC(N)=O)CSCC(=O)N[C@@H](Cc2cc(F)c(F)c(F)c2)C(=O)N(C)C(Cc2ccc(F)cc2)C(=O)N(C)[C@@H](CCCC)C(=O)N2CCC[C@@H]2C(=O)N[C@@H](CN)C(=O)N[C@@H](C(C)C)C(=O)N(C)[C@@H](Cc2ccccc2)C(=O)N[C@@H](CCC(=O)O)C2OC21. The van der Waals surface area contributed by atoms with Crippen molar-refractivity contribution in [1.29, 1.82) is 0 Å². The van der Waals surface area contributed by atoms with Gasteiger partial charge in [-0.1, -0.05) is 140 Å². The van der Waals surface area contributed by atoms with E-state index in [0.717, 1.165) is 33.9 Å². The van der Waals surface area contributed by atoms with Crippen LogP contribution in [0.3, 0.4) is 0 Å². The van der Waals surface area contributed by atoms with Crippen LogP contribution in [0.2, 0.25) is 0 Å². The number of aromatic hydroxyl groups is 1. The first-order valence-corrected chi connectivity index (χ1v) is 46.2. The Morgan fingerprint density at radius 2 is 1.16 bits per heavy atom. The zero-order valence-corrected chi connectivity index (χ0v) is 77.4. The van der Waals surface area contributed by atoms with Crippen molar-refractivity contribution in [3.05, 3.63) is 173 Å². The molecule has 3 aliphatic heterocycles. The van der Waals surface area contributed by atoms with Gasteiger partial charge in [0.15, 0.2) is 23.7 Å². The summed E-state index contributed by atoms with van der Waals surface area (Å²) in [6.07, 6.45) is -1.05. The Morgan fingerprint density at radius 3 is 1.81 bits per heavy atom. The van der Waals surface area contributed by atoms with Crippen molar-refractivity contribution in [2.45, 2.75) is 229 Å². The molecule has 3 saturated heterocycles. The van der Waals surface area contributed by atoms with E-state index in [4.69, 9.17) is 16.2 Å². The topological polar surface area (TPSA) is 501 Å². The van der Waals surface area contributed by atoms with Gasteiger partial charge in [-0.2, -0.15) is 0 Å². The largest absolute Gasteiger partial charge is 0.508 e. The highest BCUT2D eigenvalue weighted by Gasteiger charge is 2.53. The number of hydrogen-bond acceptors (Lipinski definition) is 19. The molecule has 726 valence electrons. The third-order valence-electron chi connectivity index (χ3n) is 23.9. The molecule has 1 aromatic heterocycles. The number of unbranched alkanes of at least 4 members (excludes halogenated alkanes) is 3. The Balaban J connectivity index is 1.13. The van der Waals surface area contributed by atoms with Gasteiger partial charge in [-0.05, 0) is 121 Å². The van der Waals surface area contributed by atoms with Crippen LogP contribution in [0.4, 0.5) is 22.4 Å². The number of carboxylic acid groups (broad SMARTS) is 1. The minimum Gasteiger partial charge on any atom is -0.508 e. The summed E-state index contributed by atoms with van der Waals surface area (Å²) >= 11 is 0.666. The second-order valence-electron chi connectivity index (χ2n) is 34.9. The number of aliphatic carboxylic acids is 1. The number of primary amides is 1. The van der Waals surface area contributed by atoms with E-state index >= 15 is 51.9 Å². The molecule has 3 aliphatic rings. The number of ether oxygens (including phenoxy) is 1. The number of phenolic OH excluding ortho intramolecular Hbond substituents is 1. The van der Waals surface area contributed by atoms with Gasteiger partial charge in [-0.25, -0.2) is 22.4 Å². The minimum atomic E-state index is -1.90. The summed E-state index contributed by atoms with van der Waals surface area (Å²) in [5, 5.41) is 45.5. The molecule has 0 radical (unpaired) electrons. The number of aromatic amines is 1. The number of carbonyl (C=O) groups excluding carboxylic acids is 14. The molecule has 15 amide bonds. The van der Waals surface area contributed by atoms with Crippen LogP contribution in [0, 0.1) is 35.1 Å². The molecule has 9 rings (SSSR count). The van der Waals surface area contributed by atoms with Crippen molar-refractivity contribution in [3.8, 4) is 5.75 Å². The van der Waals surface area contributed by atoms with Gasteiger partial charge in [0.2, 0.25) is 76.8 Å². The smallest absolute Gasteiger partial charge is 0.320 e. The summed E-state index contributed by atoms with van der Waals surface area (Å²) in [4.78, 5) is 231. The number of hydrogen-bond donors (Lipinski definition) is 14. The monoisotopic (exact) mass is 1890 g/mol. The number of fused-ring (bicyclic) bond motifs is 3. The highest BCUT2D eigenvalue weighted by atomic mass is 32.2. The van der Waals surface area contributed by atoms with E-state index < -0.39 is 253 Å². The number of phenols is 1. The van der Waals surface area contributed by atoms with Crippen molar-refractivity contribution in [2.75, 3.05) is 58.8 Å². The van der Waals surface area contributed by atoms with Gasteiger partial charge < -0.3 is 98.9 Å². The molecule has 6 aromatic rings. The van der Waals surface area contributed by atoms with Crippen LogP contribution in [-0.4, -0.2) is 272 Å². The molecule has 40 heteroatoms. The summed E-state index contributed by atoms with van der Waals surface area (Å²) in [6.45, 7) is 8.98. The van der Waals surface area contributed by atoms with E-state index in [1.165, 1.54) is 60.3 Å². The van der Waals surface area contributed by atoms with Crippen LogP contribution in [0.15, 0.2) is 121 Å². The number of para-hydroxylation sites is 1. The number of nitrogens with zero attached hydrogens (tertiary/aromatic N) is 5. The number of rotatable bonds is 27. The minimum absolute atomic E-state index is 0.0309. The zero-order chi connectivity index (χ0) is 97.9. The molecule has 3 unspecified atom stereocenters. The van der Waals surface area contributed by atoms with Gasteiger partial charge in [0.05, 0.1) is 18.3 Å². The van der Waals surface area contributed by atoms with Crippen molar-refractivity contribution >= 4 is 111 Å². The van der Waals surface area contributed by atoms with E-state index in [1.807, 2.05) is 13.8 Å². The van der Waals surface area contributed by atoms with Gasteiger partial charge in [0, 0.05) is 102 Å². The number of carbonyl (C=O) groups is 15. The first-order chi connectivity index (χ1) is 63.8. The Bertz CT molecular complexity index is 5120. The number of urea groups is 1. The van der Waals surface area contributed by atoms with E-state index in [9.17, 15) is 47.8 Å². The van der Waals surface area contributed by atoms with Crippen LogP contribution < -0.4 is 59.3 Å². The quantitative estimate of drug-likeness (QED) is 0.0149. The molecule has 35 nitrogen and oxygen atoms in total. The lowest BCUT2D eigenvalue weighted by Gasteiger charge is -2.38. The average Bonchev–Trinajstić information content (AvgIpc) is 1.59. The average molecular weight is 1890 g/mol. The van der Waals surface area contributed by atoms with Crippen molar-refractivity contribution in [3.63, 3.8) is 0 Å². The number of nitrogens with two attached hydrogens (primary N) is 2. The van der Waals surface area contributed by atoms with Crippen LogP contribution in [0.5, 0.6) is 5.75 Å². The summed E-state index contributed by atoms with van der Waals surface area (Å²) < 4.78 is 66.2. The lowest BCUT2D eigenvalue weighted by Crippen LogP contribution is -2.62. The highest BCUT2D eigenvalue weighted by molar-refractivity contribution is 8.00. The molecule has 5 aromatic carbocycles. The molecule has 0 aliphatic carbocycles. The fourth-order valence-electron chi connectivity index (χ4n) is 16.4. The molecule has 0 spiro atoms. The summed E-state index contributed by atoms with van der Waals surface area (Å²) in [5.74, 6) is -22.0. The Morgan fingerprint density at radius 1 is 0.582 bits per heavy atom. The van der Waals surface area contributed by atoms with Gasteiger partial charge >= 0.3 is 12.0 Å². The first kappa shape index (κ1) is 105. The number of aromatic nitrogens is 1. The van der Waals surface area contributed by atoms with Gasteiger partial charge in [-0.15, -0.1) is 11.8 Å². The number of nitrogens with one attached hydrogen (secondary N) is 10. The first-order valence-electron chi connectivity index (χ1n) is 45.0. The molecule has 4 heterocycles. The van der Waals surface area contributed by atoms with Crippen LogP contribution in [0.1, 0.15) is 140 Å². The standard InChI is InChI=1S/C94H123F4N17O18S/c1-10-12-19-37-115-93-81(133-93)65(35-36-78(119)120)104-88(127)74(44-54-21-15-14-16-22-54)112(8)92(131)80(53(5)6)110-86(125)70(47-99)107-87(126)72-26-20-38-114(72)91(130)73(25-13-11-2)111(7)90(129)75(45-56-27-31-59(95)32-28-56)113(9)89(128)69(43-57-40-62(96)79(98)63(97)41-57)103-77(118)51-134-50-71(82(121)102-49-76(100)117)108-83(122)66(39-52(3)4)105-84(123)67(42-55-29-33-60(116)34-30-55)106-85(124)68(109-94(115)132)46-58-48-101-64-24-18-17-23-61(58)64/h14-18,21-24,27-34,40-41,48,52-53,65-75,80-81,93,101,116H,10-13,19-20,25-26,35-39,42-47,49-51,99H2,1-9H3,(H2,100,117)(H,102,121)(H,103,118)(H,104,127)(H,105,123)(H,106,124)(H,107,126)(H,108,122)(H,109,132)(H,110,125)(H,119,120)/t65-,66-,67-,68-,69-,70-,71-,72+,73-,74-,75?,80-,81?,93?/m0/s1. The lowest BCUT2D eigenvalue weighted by molar-refractivity contribution is -0.152. The van der Waals surface area contributed by atoms with E-state index in [2.05, 4.69) is 52.8 Å². The molecular weight excluding hydrogens is 1760 g/mol. The Hall–Kier alpha value is -12.7. The normalized spacial score (nSPS) is 23.9. The molecule has 3 fully saturated rings. The highest BCUT2D eigenvalue weighted by Crippen LogP contribution is 2.34. The molecule has 16 N–H and O–H groups in total. The molecule has 14 atom stereocenters. The van der Waals surface area contributed by atoms with Crippen LogP contribution in [-0.2, 0) is 104 Å². The second kappa shape index (κ2) is 49.9. The number of epoxide rings is 1. The number of benzene rings is 5. The zero-order valence-electron chi connectivity index (χ0n) is 76.6. The van der Waals surface area contributed by atoms with E-state index in [0.29, 0.717) is 83.6 Å². The maximum atomic E-state index is 15.7. The molecular formula is C94H123F4N17O18S. The number of halogens is 4. The van der Waals surface area contributed by atoms with Crippen LogP contribution in [0.25, 0.3) is 10.9 Å². The molecule has 134 heavy (non-hydrogen) atoms. The molecule has 0 bridgehead atoms. The number of carboxylic acids is 1.